The molecule has 1 aliphatic carbocycles. The summed E-state index contributed by atoms with van der Waals surface area (Å²) in [4.78, 5) is 12.4. The second kappa shape index (κ2) is 8.60. The standard InChI is InChI=1S/C19H20NO3S/c1-22-17-9-8-14(10-18(17)23-2)15(12-20)19(24-3)11-16(21)13-6-4-5-7-13/h4-10,15,19H,11H2,1-3H3. The lowest BCUT2D eigenvalue weighted by molar-refractivity contribution is -0.115. The molecule has 0 aromatic heterocycles. The Morgan fingerprint density at radius 1 is 1.25 bits per heavy atom. The lowest BCUT2D eigenvalue weighted by Gasteiger charge is -2.21. The molecule has 0 spiro atoms. The topological polar surface area (TPSA) is 59.3 Å². The van der Waals surface area contributed by atoms with Crippen LogP contribution in [0, 0.1) is 17.8 Å². The van der Waals surface area contributed by atoms with Crippen molar-refractivity contribution in [1.29, 1.82) is 5.26 Å². The van der Waals surface area contributed by atoms with Crippen LogP contribution >= 0.6 is 11.8 Å². The minimum Gasteiger partial charge on any atom is -0.493 e. The number of hydrogen-bond donors (Lipinski definition) is 0. The van der Waals surface area contributed by atoms with E-state index in [1.165, 1.54) is 11.8 Å². The van der Waals surface area contributed by atoms with Gasteiger partial charge in [-0.25, -0.2) is 0 Å². The summed E-state index contributed by atoms with van der Waals surface area (Å²) in [5.41, 5.74) is 1.52. The third-order valence-corrected chi connectivity index (χ3v) is 5.00. The highest BCUT2D eigenvalue weighted by molar-refractivity contribution is 7.99. The van der Waals surface area contributed by atoms with Crippen molar-refractivity contribution in [3.8, 4) is 17.6 Å². The van der Waals surface area contributed by atoms with E-state index < -0.39 is 5.92 Å². The number of benzene rings is 1. The van der Waals surface area contributed by atoms with Crippen molar-refractivity contribution in [2.75, 3.05) is 20.5 Å². The van der Waals surface area contributed by atoms with Gasteiger partial charge in [0.15, 0.2) is 17.3 Å². The third kappa shape index (κ3) is 4.01. The summed E-state index contributed by atoms with van der Waals surface area (Å²) in [7, 11) is 3.14. The molecule has 1 aliphatic rings. The Labute approximate surface area is 147 Å². The molecule has 1 aromatic rings. The molecule has 2 rings (SSSR count). The molecule has 0 saturated carbocycles. The molecule has 0 aliphatic heterocycles. The van der Waals surface area contributed by atoms with Gasteiger partial charge in [0.1, 0.15) is 0 Å². The summed E-state index contributed by atoms with van der Waals surface area (Å²) in [6.07, 6.45) is 9.54. The maximum absolute atomic E-state index is 12.4. The molecule has 1 aromatic carbocycles. The summed E-state index contributed by atoms with van der Waals surface area (Å²) < 4.78 is 10.6. The van der Waals surface area contributed by atoms with E-state index in [0.29, 0.717) is 23.5 Å². The lowest BCUT2D eigenvalue weighted by atomic mass is 9.92. The predicted octanol–water partition coefficient (Wildman–Crippen LogP) is 3.70. The molecule has 0 N–H and O–H groups in total. The summed E-state index contributed by atoms with van der Waals surface area (Å²) in [6, 6.07) is 7.79. The van der Waals surface area contributed by atoms with Gasteiger partial charge in [-0.1, -0.05) is 24.3 Å². The first-order valence-corrected chi connectivity index (χ1v) is 8.82. The average Bonchev–Trinajstić information content (AvgIpc) is 3.15. The minimum absolute atomic E-state index is 0.0556. The number of nitriles is 1. The van der Waals surface area contributed by atoms with Crippen molar-refractivity contribution in [2.24, 2.45) is 0 Å². The molecule has 2 unspecified atom stereocenters. The van der Waals surface area contributed by atoms with Crippen molar-refractivity contribution in [1.82, 2.24) is 0 Å². The largest absolute Gasteiger partial charge is 0.493 e. The third-order valence-electron chi connectivity index (χ3n) is 3.95. The number of allylic oxidation sites excluding steroid dienone is 4. The normalized spacial score (nSPS) is 15.3. The van der Waals surface area contributed by atoms with Crippen molar-refractivity contribution < 1.29 is 14.3 Å². The zero-order valence-corrected chi connectivity index (χ0v) is 14.8. The Bertz CT molecular complexity index is 703. The molecule has 0 heterocycles. The smallest absolute Gasteiger partial charge is 0.161 e. The molecule has 0 fully saturated rings. The number of Topliss-reactive ketones (excluding diaryl/α,β-unsaturated/α-hetero) is 1. The van der Waals surface area contributed by atoms with Crippen LogP contribution in [0.5, 0.6) is 11.5 Å². The van der Waals surface area contributed by atoms with Crippen molar-refractivity contribution in [3.63, 3.8) is 0 Å². The van der Waals surface area contributed by atoms with E-state index in [0.717, 1.165) is 5.56 Å². The van der Waals surface area contributed by atoms with Crippen LogP contribution in [0.2, 0.25) is 0 Å². The molecule has 0 amide bonds. The van der Waals surface area contributed by atoms with E-state index in [-0.39, 0.29) is 11.0 Å². The van der Waals surface area contributed by atoms with E-state index in [9.17, 15) is 10.1 Å². The first kappa shape index (κ1) is 18.2. The highest BCUT2D eigenvalue weighted by Gasteiger charge is 2.27. The van der Waals surface area contributed by atoms with E-state index in [1.807, 2.05) is 30.5 Å². The number of carbonyl (C=O) groups excluding carboxylic acids is 1. The number of thioether (sulfide) groups is 1. The van der Waals surface area contributed by atoms with Crippen LogP contribution in [0.15, 0.2) is 42.0 Å². The lowest BCUT2D eigenvalue weighted by Crippen LogP contribution is -2.19. The van der Waals surface area contributed by atoms with Crippen molar-refractivity contribution in [3.05, 3.63) is 54.0 Å². The highest BCUT2D eigenvalue weighted by atomic mass is 32.2. The minimum atomic E-state index is -0.404. The van der Waals surface area contributed by atoms with Crippen LogP contribution in [0.1, 0.15) is 17.9 Å². The van der Waals surface area contributed by atoms with Gasteiger partial charge in [-0.05, 0) is 24.0 Å². The van der Waals surface area contributed by atoms with Gasteiger partial charge in [0.2, 0.25) is 0 Å². The highest BCUT2D eigenvalue weighted by Crippen LogP contribution is 2.35. The van der Waals surface area contributed by atoms with E-state index in [1.54, 1.807) is 32.8 Å². The predicted molar refractivity (Wildman–Crippen MR) is 96.4 cm³/mol. The van der Waals surface area contributed by atoms with Crippen LogP contribution in [-0.2, 0) is 4.79 Å². The second-order valence-electron chi connectivity index (χ2n) is 5.30. The fourth-order valence-electron chi connectivity index (χ4n) is 2.62. The number of ether oxygens (including phenoxy) is 2. The quantitative estimate of drug-likeness (QED) is 0.721. The first-order chi connectivity index (χ1) is 11.6. The molecule has 1 radical (unpaired) electrons. The second-order valence-corrected chi connectivity index (χ2v) is 6.37. The molecular weight excluding hydrogens is 322 g/mol. The van der Waals surface area contributed by atoms with Crippen LogP contribution in [-0.4, -0.2) is 31.5 Å². The van der Waals surface area contributed by atoms with Gasteiger partial charge in [-0.15, -0.1) is 0 Å². The molecule has 0 saturated heterocycles. The number of ketones is 1. The summed E-state index contributed by atoms with van der Waals surface area (Å²) in [5, 5.41) is 9.54. The zero-order valence-electron chi connectivity index (χ0n) is 14.0. The van der Waals surface area contributed by atoms with Gasteiger partial charge < -0.3 is 9.47 Å². The molecule has 4 nitrogen and oxygen atoms in total. The molecule has 5 heteroatoms. The SMILES string of the molecule is COc1ccc(C(C#N)C(CC(=O)C2=CC=C[CH]2)SC)cc1OC. The monoisotopic (exact) mass is 342 g/mol. The van der Waals surface area contributed by atoms with Gasteiger partial charge in [-0.2, -0.15) is 17.0 Å². The van der Waals surface area contributed by atoms with Crippen LogP contribution in [0.25, 0.3) is 0 Å². The van der Waals surface area contributed by atoms with Gasteiger partial charge in [-0.3, -0.25) is 4.79 Å². The summed E-state index contributed by atoms with van der Waals surface area (Å²) >= 11 is 1.53. The van der Waals surface area contributed by atoms with Gasteiger partial charge in [0.05, 0.1) is 26.2 Å². The number of carbonyl (C=O) groups is 1. The fourth-order valence-corrected chi connectivity index (χ4v) is 3.42. The Morgan fingerprint density at radius 2 is 2.00 bits per heavy atom. The van der Waals surface area contributed by atoms with Crippen LogP contribution < -0.4 is 9.47 Å². The summed E-state index contributed by atoms with van der Waals surface area (Å²) in [6.45, 7) is 0. The maximum Gasteiger partial charge on any atom is 0.161 e. The summed E-state index contributed by atoms with van der Waals surface area (Å²) in [5.74, 6) is 0.850. The molecule has 125 valence electrons. The van der Waals surface area contributed by atoms with E-state index in [2.05, 4.69) is 6.07 Å². The Kier molecular flexibility index (Phi) is 6.51. The van der Waals surface area contributed by atoms with Gasteiger partial charge >= 0.3 is 0 Å². The Morgan fingerprint density at radius 3 is 2.54 bits per heavy atom. The number of nitrogens with zero attached hydrogens (tertiary/aromatic N) is 1. The maximum atomic E-state index is 12.4. The Balaban J connectivity index is 2.21. The van der Waals surface area contributed by atoms with E-state index >= 15 is 0 Å². The van der Waals surface area contributed by atoms with Crippen molar-refractivity contribution >= 4 is 17.5 Å². The molecular formula is C19H20NO3S. The van der Waals surface area contributed by atoms with Crippen LogP contribution in [0.3, 0.4) is 0 Å². The number of methoxy groups -OCH3 is 2. The van der Waals surface area contributed by atoms with Crippen molar-refractivity contribution in [2.45, 2.75) is 17.6 Å². The molecule has 2 atom stereocenters. The molecule has 0 bridgehead atoms. The fraction of sp³-hybridized carbons (Fsp3) is 0.316. The average molecular weight is 342 g/mol. The number of rotatable bonds is 8. The van der Waals surface area contributed by atoms with E-state index in [4.69, 9.17) is 9.47 Å². The Hall–Kier alpha value is -2.19. The molecule has 24 heavy (non-hydrogen) atoms. The van der Waals surface area contributed by atoms with Gasteiger partial charge in [0.25, 0.3) is 0 Å². The zero-order chi connectivity index (χ0) is 17.5. The van der Waals surface area contributed by atoms with Crippen LogP contribution in [0.4, 0.5) is 0 Å². The van der Waals surface area contributed by atoms with Gasteiger partial charge in [0, 0.05) is 23.7 Å². The number of hydrogen-bond acceptors (Lipinski definition) is 5. The first-order valence-electron chi connectivity index (χ1n) is 7.53.